The van der Waals surface area contributed by atoms with Gasteiger partial charge in [0.25, 0.3) is 11.8 Å². The van der Waals surface area contributed by atoms with Crippen molar-refractivity contribution in [1.29, 1.82) is 0 Å². The van der Waals surface area contributed by atoms with E-state index in [1.54, 1.807) is 43.5 Å². The van der Waals surface area contributed by atoms with Crippen LogP contribution in [0.3, 0.4) is 0 Å². The topological polar surface area (TPSA) is 67.9 Å². The maximum Gasteiger partial charge on any atom is 0.282 e. The minimum absolute atomic E-state index is 0.0323. The van der Waals surface area contributed by atoms with Gasteiger partial charge in [0.1, 0.15) is 12.2 Å². The average molecular weight is 493 g/mol. The summed E-state index contributed by atoms with van der Waals surface area (Å²) in [5.74, 6) is 0.157. The summed E-state index contributed by atoms with van der Waals surface area (Å²) >= 11 is 3.52. The van der Waals surface area contributed by atoms with Crippen molar-refractivity contribution in [3.8, 4) is 11.5 Å². The number of hydrogen-bond donors (Lipinski definition) is 1. The van der Waals surface area contributed by atoms with Gasteiger partial charge in [-0.15, -0.1) is 0 Å². The summed E-state index contributed by atoms with van der Waals surface area (Å²) in [5, 5.41) is 1.23. The molecule has 0 atom stereocenters. The van der Waals surface area contributed by atoms with Gasteiger partial charge in [-0.05, 0) is 48.4 Å². The number of rotatable bonds is 6. The Morgan fingerprint density at radius 3 is 2.41 bits per heavy atom. The van der Waals surface area contributed by atoms with Crippen LogP contribution in [0, 0.1) is 6.92 Å². The van der Waals surface area contributed by atoms with Crippen LogP contribution in [0.25, 0.3) is 6.08 Å². The van der Waals surface area contributed by atoms with Crippen LogP contribution >= 0.6 is 15.9 Å². The number of benzene rings is 3. The maximum absolute atomic E-state index is 12.8. The SMILES string of the molecule is COc1cc(C=C2C(=O)NN(c3ccccc3)C2=O)c(Br)cc1OCc1ccc(C)cc1. The van der Waals surface area contributed by atoms with E-state index in [0.29, 0.717) is 33.8 Å². The summed E-state index contributed by atoms with van der Waals surface area (Å²) in [7, 11) is 1.55. The van der Waals surface area contributed by atoms with Crippen molar-refractivity contribution >= 4 is 39.5 Å². The molecule has 1 fully saturated rings. The molecule has 32 heavy (non-hydrogen) atoms. The van der Waals surface area contributed by atoms with Crippen LogP contribution in [-0.4, -0.2) is 18.9 Å². The van der Waals surface area contributed by atoms with Crippen LogP contribution < -0.4 is 19.9 Å². The molecule has 0 unspecified atom stereocenters. The summed E-state index contributed by atoms with van der Waals surface area (Å²) in [4.78, 5) is 25.3. The van der Waals surface area contributed by atoms with Gasteiger partial charge in [-0.25, -0.2) is 5.01 Å². The summed E-state index contributed by atoms with van der Waals surface area (Å²) in [5.41, 5.74) is 6.06. The fourth-order valence-electron chi connectivity index (χ4n) is 3.25. The lowest BCUT2D eigenvalue weighted by atomic mass is 10.1. The van der Waals surface area contributed by atoms with E-state index in [1.807, 2.05) is 37.3 Å². The molecule has 1 aliphatic rings. The molecule has 6 nitrogen and oxygen atoms in total. The minimum atomic E-state index is -0.468. The number of methoxy groups -OCH3 is 1. The molecule has 0 saturated carbocycles. The molecule has 0 aliphatic carbocycles. The van der Waals surface area contributed by atoms with E-state index in [2.05, 4.69) is 21.4 Å². The van der Waals surface area contributed by atoms with Crippen molar-refractivity contribution in [3.05, 3.63) is 93.5 Å². The molecule has 0 aromatic heterocycles. The van der Waals surface area contributed by atoms with Gasteiger partial charge in [0.2, 0.25) is 0 Å². The molecule has 1 heterocycles. The predicted molar refractivity (Wildman–Crippen MR) is 126 cm³/mol. The molecule has 1 saturated heterocycles. The molecule has 2 amide bonds. The van der Waals surface area contributed by atoms with Crippen LogP contribution in [0.1, 0.15) is 16.7 Å². The lowest BCUT2D eigenvalue weighted by molar-refractivity contribution is -0.117. The number of hydrogen-bond acceptors (Lipinski definition) is 4. The predicted octanol–water partition coefficient (Wildman–Crippen LogP) is 4.81. The largest absolute Gasteiger partial charge is 0.493 e. The van der Waals surface area contributed by atoms with Crippen molar-refractivity contribution in [2.75, 3.05) is 12.1 Å². The normalized spacial score (nSPS) is 14.6. The first kappa shape index (κ1) is 21.6. The second-order valence-electron chi connectivity index (χ2n) is 7.27. The number of para-hydroxylation sites is 1. The van der Waals surface area contributed by atoms with Crippen molar-refractivity contribution in [3.63, 3.8) is 0 Å². The van der Waals surface area contributed by atoms with Gasteiger partial charge in [0.15, 0.2) is 11.5 Å². The summed E-state index contributed by atoms with van der Waals surface area (Å²) < 4.78 is 12.1. The highest BCUT2D eigenvalue weighted by molar-refractivity contribution is 9.10. The minimum Gasteiger partial charge on any atom is -0.493 e. The fourth-order valence-corrected chi connectivity index (χ4v) is 3.69. The monoisotopic (exact) mass is 492 g/mol. The van der Waals surface area contributed by atoms with Crippen molar-refractivity contribution in [2.45, 2.75) is 13.5 Å². The first-order valence-corrected chi connectivity index (χ1v) is 10.7. The lowest BCUT2D eigenvalue weighted by Gasteiger charge is -2.14. The van der Waals surface area contributed by atoms with E-state index in [9.17, 15) is 9.59 Å². The Bertz CT molecular complexity index is 1190. The maximum atomic E-state index is 12.8. The van der Waals surface area contributed by atoms with Crippen LogP contribution in [0.2, 0.25) is 0 Å². The smallest absolute Gasteiger partial charge is 0.282 e. The van der Waals surface area contributed by atoms with Gasteiger partial charge in [0, 0.05) is 4.47 Å². The Kier molecular flexibility index (Phi) is 6.28. The fraction of sp³-hybridized carbons (Fsp3) is 0.120. The van der Waals surface area contributed by atoms with Crippen LogP contribution in [-0.2, 0) is 16.2 Å². The summed E-state index contributed by atoms with van der Waals surface area (Å²) in [6.45, 7) is 2.42. The molecular weight excluding hydrogens is 472 g/mol. The molecule has 1 N–H and O–H groups in total. The highest BCUT2D eigenvalue weighted by atomic mass is 79.9. The first-order valence-electron chi connectivity index (χ1n) is 9.94. The third kappa shape index (κ3) is 4.53. The number of ether oxygens (including phenoxy) is 2. The third-order valence-electron chi connectivity index (χ3n) is 5.00. The molecule has 7 heteroatoms. The number of hydrazine groups is 1. The average Bonchev–Trinajstić information content (AvgIpc) is 3.09. The molecule has 3 aromatic carbocycles. The zero-order valence-electron chi connectivity index (χ0n) is 17.6. The van der Waals surface area contributed by atoms with Crippen LogP contribution in [0.5, 0.6) is 11.5 Å². The van der Waals surface area contributed by atoms with E-state index in [-0.39, 0.29) is 5.57 Å². The second-order valence-corrected chi connectivity index (χ2v) is 8.13. The van der Waals surface area contributed by atoms with Crippen molar-refractivity contribution in [1.82, 2.24) is 5.43 Å². The Balaban J connectivity index is 1.58. The summed E-state index contributed by atoms with van der Waals surface area (Å²) in [6, 6.07) is 20.5. The molecule has 3 aromatic rings. The van der Waals surface area contributed by atoms with Gasteiger partial charge in [-0.1, -0.05) is 64.0 Å². The Morgan fingerprint density at radius 2 is 1.72 bits per heavy atom. The molecule has 1 aliphatic heterocycles. The molecule has 162 valence electrons. The lowest BCUT2D eigenvalue weighted by Crippen LogP contribution is -2.35. The molecule has 0 spiro atoms. The van der Waals surface area contributed by atoms with Crippen LogP contribution in [0.15, 0.2) is 76.8 Å². The highest BCUT2D eigenvalue weighted by Crippen LogP contribution is 2.35. The van der Waals surface area contributed by atoms with E-state index in [1.165, 1.54) is 16.6 Å². The summed E-state index contributed by atoms with van der Waals surface area (Å²) in [6.07, 6.45) is 1.54. The molecule has 4 rings (SSSR count). The number of nitrogens with zero attached hydrogens (tertiary/aromatic N) is 1. The zero-order chi connectivity index (χ0) is 22.7. The van der Waals surface area contributed by atoms with E-state index in [4.69, 9.17) is 9.47 Å². The Hall–Kier alpha value is -3.58. The van der Waals surface area contributed by atoms with Gasteiger partial charge >= 0.3 is 0 Å². The zero-order valence-corrected chi connectivity index (χ0v) is 19.2. The molecule has 0 radical (unpaired) electrons. The molecular formula is C25H21BrN2O4. The standard InChI is InChI=1S/C25H21BrN2O4/c1-16-8-10-17(11-9-16)15-32-23-14-21(26)18(13-22(23)31-2)12-20-24(29)27-28(25(20)30)19-6-4-3-5-7-19/h3-14H,15H2,1-2H3,(H,27,29). The number of aryl methyl sites for hydroxylation is 1. The number of carbonyl (C=O) groups excluding carboxylic acids is 2. The second kappa shape index (κ2) is 9.28. The van der Waals surface area contributed by atoms with E-state index in [0.717, 1.165) is 5.56 Å². The number of carbonyl (C=O) groups is 2. The van der Waals surface area contributed by atoms with Gasteiger partial charge < -0.3 is 9.47 Å². The van der Waals surface area contributed by atoms with Gasteiger partial charge in [-0.2, -0.15) is 0 Å². The number of halogens is 1. The Labute approximate surface area is 194 Å². The van der Waals surface area contributed by atoms with Crippen molar-refractivity contribution < 1.29 is 19.1 Å². The van der Waals surface area contributed by atoms with Gasteiger partial charge in [0.05, 0.1) is 12.8 Å². The quantitative estimate of drug-likeness (QED) is 0.396. The number of amides is 2. The molecule has 0 bridgehead atoms. The Morgan fingerprint density at radius 1 is 1.00 bits per heavy atom. The van der Waals surface area contributed by atoms with E-state index < -0.39 is 11.8 Å². The van der Waals surface area contributed by atoms with Crippen molar-refractivity contribution in [2.24, 2.45) is 0 Å². The van der Waals surface area contributed by atoms with Gasteiger partial charge in [-0.3, -0.25) is 15.0 Å². The first-order chi connectivity index (χ1) is 15.5. The number of nitrogens with one attached hydrogen (secondary N) is 1. The van der Waals surface area contributed by atoms with Crippen LogP contribution in [0.4, 0.5) is 5.69 Å². The van der Waals surface area contributed by atoms with E-state index >= 15 is 0 Å². The third-order valence-corrected chi connectivity index (χ3v) is 5.69. The number of anilines is 1. The highest BCUT2D eigenvalue weighted by Gasteiger charge is 2.34.